The van der Waals surface area contributed by atoms with E-state index in [0.717, 1.165) is 38.5 Å². The Labute approximate surface area is 253 Å². The maximum atomic E-state index is 12.6. The fourth-order valence-electron chi connectivity index (χ4n) is 10.1. The third-order valence-corrected chi connectivity index (χ3v) is 12.3. The number of likely N-dealkylation sites (N-methyl/N-ethyl adjacent to an activating group) is 1. The van der Waals surface area contributed by atoms with E-state index >= 15 is 0 Å². The number of hydrogen-bond acceptors (Lipinski definition) is 8. The summed E-state index contributed by atoms with van der Waals surface area (Å²) in [5, 5.41) is 17.4. The molecule has 2 N–H and O–H groups in total. The minimum Gasteiger partial charge on any atom is -0.381 e. The molecule has 0 radical (unpaired) electrons. The van der Waals surface area contributed by atoms with Crippen LogP contribution in [-0.2, 0) is 14.3 Å². The number of fused-ring (bicyclic) bond motifs is 2. The molecular formula is C33H54N6O3. The van der Waals surface area contributed by atoms with E-state index in [0.29, 0.717) is 49.5 Å². The molecule has 6 rings (SSSR count). The van der Waals surface area contributed by atoms with Gasteiger partial charge in [0.15, 0.2) is 6.35 Å². The third kappa shape index (κ3) is 5.92. The van der Waals surface area contributed by atoms with Crippen LogP contribution in [0.2, 0.25) is 0 Å². The number of rotatable bonds is 7. The second-order valence-corrected chi connectivity index (χ2v) is 14.3. The number of methoxy groups -OCH3 is 1. The van der Waals surface area contributed by atoms with Gasteiger partial charge in [0.2, 0.25) is 5.91 Å². The Hall–Kier alpha value is -1.54. The Morgan fingerprint density at radius 1 is 1.05 bits per heavy atom. The second-order valence-electron chi connectivity index (χ2n) is 14.3. The van der Waals surface area contributed by atoms with Gasteiger partial charge in [-0.1, -0.05) is 25.8 Å². The number of nitriles is 1. The first-order chi connectivity index (χ1) is 20.5. The van der Waals surface area contributed by atoms with Crippen LogP contribution in [0.4, 0.5) is 0 Å². The lowest BCUT2D eigenvalue weighted by Crippen LogP contribution is -2.73. The average Bonchev–Trinajstić information content (AvgIpc) is 3.43. The molecule has 3 saturated carbocycles. The van der Waals surface area contributed by atoms with E-state index in [-0.39, 0.29) is 29.9 Å². The molecule has 6 aliphatic rings. The lowest BCUT2D eigenvalue weighted by Gasteiger charge is -2.59. The Balaban J connectivity index is 1.21. The van der Waals surface area contributed by atoms with Crippen LogP contribution in [0.1, 0.15) is 77.0 Å². The molecule has 3 saturated heterocycles. The molecule has 3 aliphatic carbocycles. The summed E-state index contributed by atoms with van der Waals surface area (Å²) < 4.78 is 13.1. The van der Waals surface area contributed by atoms with Crippen LogP contribution in [0.15, 0.2) is 12.7 Å². The smallest absolute Gasteiger partial charge is 0.246 e. The van der Waals surface area contributed by atoms with Gasteiger partial charge in [-0.15, -0.1) is 0 Å². The number of nitrogens with zero attached hydrogens (tertiary/aromatic N) is 4. The number of amides is 1. The van der Waals surface area contributed by atoms with Gasteiger partial charge in [0.05, 0.1) is 37.4 Å². The van der Waals surface area contributed by atoms with Gasteiger partial charge in [-0.3, -0.25) is 20.3 Å². The summed E-state index contributed by atoms with van der Waals surface area (Å²) in [4.78, 5) is 19.4. The zero-order chi connectivity index (χ0) is 29.3. The van der Waals surface area contributed by atoms with E-state index in [1.165, 1.54) is 63.9 Å². The summed E-state index contributed by atoms with van der Waals surface area (Å²) in [6, 6.07) is 3.02. The van der Waals surface area contributed by atoms with Crippen molar-refractivity contribution in [2.24, 2.45) is 23.2 Å². The van der Waals surface area contributed by atoms with Crippen molar-refractivity contribution in [1.82, 2.24) is 25.3 Å². The van der Waals surface area contributed by atoms with Gasteiger partial charge < -0.3 is 19.3 Å². The summed E-state index contributed by atoms with van der Waals surface area (Å²) in [6.07, 6.45) is 16.0. The number of nitrogens with one attached hydrogen (secondary N) is 2. The second kappa shape index (κ2) is 13.2. The average molecular weight is 583 g/mol. The van der Waals surface area contributed by atoms with Gasteiger partial charge in [-0.2, -0.15) is 5.26 Å². The molecule has 0 bridgehead atoms. The van der Waals surface area contributed by atoms with Gasteiger partial charge in [-0.25, -0.2) is 0 Å². The van der Waals surface area contributed by atoms with Crippen LogP contribution >= 0.6 is 0 Å². The molecule has 1 amide bonds. The molecule has 9 nitrogen and oxygen atoms in total. The first-order valence-electron chi connectivity index (χ1n) is 16.9. The predicted molar refractivity (Wildman–Crippen MR) is 162 cm³/mol. The Morgan fingerprint density at radius 2 is 1.88 bits per heavy atom. The molecule has 10 atom stereocenters. The predicted octanol–water partition coefficient (Wildman–Crippen LogP) is 3.28. The molecule has 6 fully saturated rings. The van der Waals surface area contributed by atoms with Crippen LogP contribution in [0, 0.1) is 34.5 Å². The highest BCUT2D eigenvalue weighted by Crippen LogP contribution is 2.57. The minimum absolute atomic E-state index is 0.0727. The van der Waals surface area contributed by atoms with Crippen molar-refractivity contribution in [1.29, 1.82) is 5.26 Å². The summed E-state index contributed by atoms with van der Waals surface area (Å²) in [7, 11) is 4.18. The van der Waals surface area contributed by atoms with Crippen LogP contribution in [0.3, 0.4) is 0 Å². The van der Waals surface area contributed by atoms with Crippen molar-refractivity contribution < 1.29 is 14.3 Å². The van der Waals surface area contributed by atoms with Crippen LogP contribution < -0.4 is 10.6 Å². The fourth-order valence-corrected chi connectivity index (χ4v) is 10.1. The van der Waals surface area contributed by atoms with Crippen molar-refractivity contribution >= 4 is 5.91 Å². The number of ether oxygens (including phenoxy) is 2. The SMILES string of the molecule is C=CC(=O)N1CCN(C2NC(OCC3CCCN3C)NC3C[C@]4(CCC5CCCCC5C4OC)CCC32)CC1CC#N. The van der Waals surface area contributed by atoms with E-state index in [2.05, 4.69) is 40.1 Å². The topological polar surface area (TPSA) is 93.1 Å². The van der Waals surface area contributed by atoms with Crippen molar-refractivity contribution in [2.75, 3.05) is 46.9 Å². The van der Waals surface area contributed by atoms with Crippen LogP contribution in [0.25, 0.3) is 0 Å². The van der Waals surface area contributed by atoms with E-state index in [4.69, 9.17) is 9.47 Å². The Morgan fingerprint density at radius 3 is 2.64 bits per heavy atom. The van der Waals surface area contributed by atoms with Crippen LogP contribution in [0.5, 0.6) is 0 Å². The monoisotopic (exact) mass is 582 g/mol. The van der Waals surface area contributed by atoms with Crippen LogP contribution in [-0.4, -0.2) is 104 Å². The highest BCUT2D eigenvalue weighted by atomic mass is 16.5. The molecule has 3 heterocycles. The van der Waals surface area contributed by atoms with Gasteiger partial charge in [0.1, 0.15) is 0 Å². The van der Waals surface area contributed by atoms with Crippen molar-refractivity contribution in [2.45, 2.75) is 114 Å². The highest BCUT2D eigenvalue weighted by Gasteiger charge is 2.56. The molecular weight excluding hydrogens is 528 g/mol. The summed E-state index contributed by atoms with van der Waals surface area (Å²) >= 11 is 0. The standard InChI is InChI=1S/C33H54N6O3/c1-4-29(40)39-19-18-38(21-24(39)13-16-34)31-27-12-15-33(14-11-23-8-5-6-10-26(23)30(33)41-3)20-28(27)35-32(36-31)42-22-25-9-7-17-37(25)2/h4,23-28,30-32,35-36H,1,5-15,17-22H2,2-3H3/t23?,24?,25?,26?,27?,28?,30?,31?,32?,33-/m0/s1. The van der Waals surface area contributed by atoms with E-state index in [1.54, 1.807) is 0 Å². The lowest BCUT2D eigenvalue weighted by atomic mass is 9.53. The zero-order valence-corrected chi connectivity index (χ0v) is 26.0. The Bertz CT molecular complexity index is 1000. The Kier molecular flexibility index (Phi) is 9.59. The maximum absolute atomic E-state index is 12.6. The molecule has 9 heteroatoms. The molecule has 42 heavy (non-hydrogen) atoms. The summed E-state index contributed by atoms with van der Waals surface area (Å²) in [5.74, 6) is 1.91. The largest absolute Gasteiger partial charge is 0.381 e. The first-order valence-corrected chi connectivity index (χ1v) is 16.9. The summed E-state index contributed by atoms with van der Waals surface area (Å²) in [5.41, 5.74) is 0.234. The molecule has 234 valence electrons. The van der Waals surface area contributed by atoms with E-state index < -0.39 is 0 Å². The minimum atomic E-state index is -0.213. The number of carbonyl (C=O) groups is 1. The maximum Gasteiger partial charge on any atom is 0.246 e. The van der Waals surface area contributed by atoms with Crippen molar-refractivity contribution in [3.05, 3.63) is 12.7 Å². The fraction of sp³-hybridized carbons (Fsp3) is 0.879. The highest BCUT2D eigenvalue weighted by molar-refractivity contribution is 5.87. The molecule has 9 unspecified atom stereocenters. The van der Waals surface area contributed by atoms with Crippen molar-refractivity contribution in [3.8, 4) is 6.07 Å². The third-order valence-electron chi connectivity index (χ3n) is 12.3. The van der Waals surface area contributed by atoms with Gasteiger partial charge >= 0.3 is 0 Å². The zero-order valence-electron chi connectivity index (χ0n) is 26.0. The van der Waals surface area contributed by atoms with E-state index in [9.17, 15) is 10.1 Å². The summed E-state index contributed by atoms with van der Waals surface area (Å²) in [6.45, 7) is 7.67. The number of hydrogen-bond donors (Lipinski definition) is 2. The van der Waals surface area contributed by atoms with E-state index in [1.807, 2.05) is 12.0 Å². The van der Waals surface area contributed by atoms with Crippen molar-refractivity contribution in [3.63, 3.8) is 0 Å². The molecule has 0 aromatic carbocycles. The molecule has 1 spiro atoms. The first kappa shape index (κ1) is 30.5. The van der Waals surface area contributed by atoms with Gasteiger partial charge in [0, 0.05) is 44.7 Å². The molecule has 0 aromatic rings. The molecule has 3 aliphatic heterocycles. The number of piperazine rings is 1. The number of likely N-dealkylation sites (tertiary alicyclic amines) is 1. The van der Waals surface area contributed by atoms with Gasteiger partial charge in [0.25, 0.3) is 0 Å². The normalized spacial score (nSPS) is 43.0. The van der Waals surface area contributed by atoms with Gasteiger partial charge in [-0.05, 0) is 88.3 Å². The lowest BCUT2D eigenvalue weighted by molar-refractivity contribution is -0.162. The quantitative estimate of drug-likeness (QED) is 0.442. The number of carbonyl (C=O) groups excluding carboxylic acids is 1. The molecule has 0 aromatic heterocycles.